The molecule has 1 aromatic carbocycles. The molecule has 0 aliphatic heterocycles. The molecule has 62 valence electrons. The summed E-state index contributed by atoms with van der Waals surface area (Å²) in [4.78, 5) is 10.6. The maximum absolute atomic E-state index is 10.6. The second-order valence-corrected chi connectivity index (χ2v) is 3.51. The molecule has 1 heteroatoms. The van der Waals surface area contributed by atoms with Crippen LogP contribution in [0, 0.1) is 11.8 Å². The number of hydrogen-bond acceptors (Lipinski definition) is 1. The van der Waals surface area contributed by atoms with Crippen LogP contribution in [-0.2, 0) is 4.79 Å². The molecule has 0 amide bonds. The number of carbonyl (C=O) groups is 1. The Morgan fingerprint density at radius 1 is 1.25 bits per heavy atom. The van der Waals surface area contributed by atoms with Crippen molar-refractivity contribution < 1.29 is 4.79 Å². The quantitative estimate of drug-likeness (QED) is 0.606. The lowest BCUT2D eigenvalue weighted by Gasteiger charge is -1.95. The molecular formula is C11H12O. The van der Waals surface area contributed by atoms with Crippen LogP contribution in [0.4, 0.5) is 0 Å². The van der Waals surface area contributed by atoms with Crippen molar-refractivity contribution in [3.8, 4) is 0 Å². The summed E-state index contributed by atoms with van der Waals surface area (Å²) in [5.74, 6) is 1.31. The molecule has 1 saturated carbocycles. The second-order valence-electron chi connectivity index (χ2n) is 3.51. The van der Waals surface area contributed by atoms with Gasteiger partial charge < -0.3 is 4.79 Å². The third-order valence-electron chi connectivity index (χ3n) is 2.79. The van der Waals surface area contributed by atoms with Gasteiger partial charge in [0.2, 0.25) is 0 Å². The lowest BCUT2D eigenvalue weighted by atomic mass is 10.1. The molecule has 0 heterocycles. The molecule has 1 nitrogen and oxygen atoms in total. The van der Waals surface area contributed by atoms with Gasteiger partial charge in [-0.3, -0.25) is 0 Å². The molecule has 0 N–H and O–H groups in total. The van der Waals surface area contributed by atoms with Crippen LogP contribution in [-0.4, -0.2) is 6.29 Å². The molecule has 0 spiro atoms. The Morgan fingerprint density at radius 3 is 2.42 bits per heavy atom. The minimum atomic E-state index is 0.271. The molecule has 0 saturated heterocycles. The third-order valence-corrected chi connectivity index (χ3v) is 2.79. The fraction of sp³-hybridized carbons (Fsp3) is 0.364. The Hall–Kier alpha value is -1.11. The molecule has 1 aromatic rings. The molecule has 1 aliphatic rings. The van der Waals surface area contributed by atoms with E-state index in [1.165, 1.54) is 5.56 Å². The van der Waals surface area contributed by atoms with Crippen LogP contribution in [0.5, 0.6) is 0 Å². The first-order chi connectivity index (χ1) is 5.84. The first-order valence-electron chi connectivity index (χ1n) is 4.35. The van der Waals surface area contributed by atoms with Gasteiger partial charge in [-0.05, 0) is 17.4 Å². The van der Waals surface area contributed by atoms with Crippen LogP contribution in [0.3, 0.4) is 0 Å². The fourth-order valence-electron chi connectivity index (χ4n) is 1.90. The fourth-order valence-corrected chi connectivity index (χ4v) is 1.90. The maximum atomic E-state index is 10.6. The molecule has 2 rings (SSSR count). The van der Waals surface area contributed by atoms with E-state index in [2.05, 4.69) is 19.1 Å². The van der Waals surface area contributed by atoms with Gasteiger partial charge in [0, 0.05) is 5.92 Å². The number of aldehydes is 1. The van der Waals surface area contributed by atoms with E-state index in [0.29, 0.717) is 11.8 Å². The van der Waals surface area contributed by atoms with E-state index < -0.39 is 0 Å². The van der Waals surface area contributed by atoms with E-state index >= 15 is 0 Å². The van der Waals surface area contributed by atoms with E-state index in [4.69, 9.17) is 0 Å². The Morgan fingerprint density at radius 2 is 1.92 bits per heavy atom. The summed E-state index contributed by atoms with van der Waals surface area (Å²) >= 11 is 0. The van der Waals surface area contributed by atoms with Crippen molar-refractivity contribution in [1.29, 1.82) is 0 Å². The smallest absolute Gasteiger partial charge is 0.123 e. The van der Waals surface area contributed by atoms with Crippen LogP contribution in [0.2, 0.25) is 0 Å². The zero-order valence-electron chi connectivity index (χ0n) is 7.10. The highest BCUT2D eigenvalue weighted by atomic mass is 16.1. The van der Waals surface area contributed by atoms with Crippen molar-refractivity contribution in [2.45, 2.75) is 12.8 Å². The molecule has 12 heavy (non-hydrogen) atoms. The summed E-state index contributed by atoms with van der Waals surface area (Å²) in [6, 6.07) is 10.3. The highest BCUT2D eigenvalue weighted by molar-refractivity contribution is 5.62. The number of benzene rings is 1. The van der Waals surface area contributed by atoms with Gasteiger partial charge in [0.15, 0.2) is 0 Å². The van der Waals surface area contributed by atoms with Gasteiger partial charge in [0.1, 0.15) is 6.29 Å². The van der Waals surface area contributed by atoms with Crippen LogP contribution in [0.25, 0.3) is 0 Å². The zero-order valence-corrected chi connectivity index (χ0v) is 7.10. The van der Waals surface area contributed by atoms with Gasteiger partial charge in [-0.25, -0.2) is 0 Å². The van der Waals surface area contributed by atoms with Gasteiger partial charge >= 0.3 is 0 Å². The molecule has 0 radical (unpaired) electrons. The zero-order chi connectivity index (χ0) is 8.55. The molecular weight excluding hydrogens is 148 g/mol. The first-order valence-corrected chi connectivity index (χ1v) is 4.35. The van der Waals surface area contributed by atoms with Gasteiger partial charge in [-0.15, -0.1) is 0 Å². The normalized spacial score (nSPS) is 32.9. The first kappa shape index (κ1) is 7.53. The minimum Gasteiger partial charge on any atom is -0.303 e. The summed E-state index contributed by atoms with van der Waals surface area (Å²) in [6.45, 7) is 2.14. The Kier molecular flexibility index (Phi) is 1.72. The van der Waals surface area contributed by atoms with Crippen molar-refractivity contribution in [3.05, 3.63) is 35.9 Å². The second kappa shape index (κ2) is 2.74. The summed E-state index contributed by atoms with van der Waals surface area (Å²) in [6.07, 6.45) is 1.09. The van der Waals surface area contributed by atoms with Crippen LogP contribution in [0.15, 0.2) is 30.3 Å². The van der Waals surface area contributed by atoms with Crippen molar-refractivity contribution in [2.75, 3.05) is 0 Å². The Balaban J connectivity index is 2.19. The van der Waals surface area contributed by atoms with Crippen LogP contribution < -0.4 is 0 Å². The van der Waals surface area contributed by atoms with Crippen molar-refractivity contribution in [1.82, 2.24) is 0 Å². The molecule has 3 atom stereocenters. The van der Waals surface area contributed by atoms with E-state index in [1.807, 2.05) is 18.2 Å². The molecule has 0 bridgehead atoms. The average molecular weight is 160 g/mol. The molecule has 1 aliphatic carbocycles. The predicted molar refractivity (Wildman–Crippen MR) is 47.9 cm³/mol. The van der Waals surface area contributed by atoms with E-state index in [0.717, 1.165) is 6.29 Å². The van der Waals surface area contributed by atoms with Gasteiger partial charge in [0.05, 0.1) is 0 Å². The lowest BCUT2D eigenvalue weighted by Crippen LogP contribution is -1.82. The van der Waals surface area contributed by atoms with Gasteiger partial charge in [-0.1, -0.05) is 37.3 Å². The number of hydrogen-bond donors (Lipinski definition) is 0. The number of rotatable bonds is 2. The highest BCUT2D eigenvalue weighted by Crippen LogP contribution is 2.52. The van der Waals surface area contributed by atoms with Crippen molar-refractivity contribution in [2.24, 2.45) is 11.8 Å². The predicted octanol–water partition coefficient (Wildman–Crippen LogP) is 2.24. The SMILES string of the molecule is C[C@H]1[C@H](C=O)[C@@H]1c1ccccc1. The lowest BCUT2D eigenvalue weighted by molar-refractivity contribution is -0.109. The summed E-state index contributed by atoms with van der Waals surface area (Å²) < 4.78 is 0. The Labute approximate surface area is 72.4 Å². The van der Waals surface area contributed by atoms with E-state index in [1.54, 1.807) is 0 Å². The van der Waals surface area contributed by atoms with Crippen molar-refractivity contribution >= 4 is 6.29 Å². The summed E-state index contributed by atoms with van der Waals surface area (Å²) in [5, 5.41) is 0. The highest BCUT2D eigenvalue weighted by Gasteiger charge is 2.47. The van der Waals surface area contributed by atoms with E-state index in [-0.39, 0.29) is 5.92 Å². The standard InChI is InChI=1S/C11H12O/c1-8-10(7-12)11(8)9-5-3-2-4-6-9/h2-8,10-11H,1H3/t8-,10-,11-/m0/s1. The topological polar surface area (TPSA) is 17.1 Å². The maximum Gasteiger partial charge on any atom is 0.123 e. The summed E-state index contributed by atoms with van der Waals surface area (Å²) in [7, 11) is 0. The van der Waals surface area contributed by atoms with E-state index in [9.17, 15) is 4.79 Å². The van der Waals surface area contributed by atoms with Gasteiger partial charge in [-0.2, -0.15) is 0 Å². The Bertz CT molecular complexity index is 278. The third kappa shape index (κ3) is 1.06. The average Bonchev–Trinajstić information content (AvgIpc) is 2.78. The van der Waals surface area contributed by atoms with Crippen LogP contribution in [0.1, 0.15) is 18.4 Å². The van der Waals surface area contributed by atoms with Gasteiger partial charge in [0.25, 0.3) is 0 Å². The minimum absolute atomic E-state index is 0.271. The van der Waals surface area contributed by atoms with Crippen LogP contribution >= 0.6 is 0 Å². The summed E-state index contributed by atoms with van der Waals surface area (Å²) in [5.41, 5.74) is 1.31. The molecule has 0 aromatic heterocycles. The largest absolute Gasteiger partial charge is 0.303 e. The number of carbonyl (C=O) groups excluding carboxylic acids is 1. The van der Waals surface area contributed by atoms with Crippen molar-refractivity contribution in [3.63, 3.8) is 0 Å². The molecule has 1 fully saturated rings. The molecule has 0 unspecified atom stereocenters. The monoisotopic (exact) mass is 160 g/mol.